The molecule has 7 nitrogen and oxygen atoms in total. The molecule has 0 saturated heterocycles. The summed E-state index contributed by atoms with van der Waals surface area (Å²) in [5, 5.41) is 30.0. The van der Waals surface area contributed by atoms with Crippen molar-refractivity contribution in [1.82, 2.24) is 4.90 Å². The summed E-state index contributed by atoms with van der Waals surface area (Å²) in [5.74, 6) is -1.63. The first-order chi connectivity index (χ1) is 9.85. The first-order valence-corrected chi connectivity index (χ1v) is 8.43. The number of unbranched alkanes of at least 4 members (excludes halogenated alkanes) is 2. The van der Waals surface area contributed by atoms with Crippen molar-refractivity contribution < 1.29 is 88.0 Å². The fraction of sp³-hybridized carbons (Fsp3) is 0.923. The molecule has 3 unspecified atom stereocenters. The average Bonchev–Trinajstić information content (AvgIpc) is 2.35. The van der Waals surface area contributed by atoms with Gasteiger partial charge in [-0.25, -0.2) is 0 Å². The van der Waals surface area contributed by atoms with E-state index in [1.807, 2.05) is 0 Å². The minimum Gasteiger partial charge on any atom is -0.772 e. The smallest absolute Gasteiger partial charge is 0.772 e. The van der Waals surface area contributed by atoms with Crippen LogP contribution in [0.1, 0.15) is 39.0 Å². The fourth-order valence-corrected chi connectivity index (χ4v) is 2.45. The van der Waals surface area contributed by atoms with Crippen molar-refractivity contribution in [1.29, 1.82) is 0 Å². The number of hydrogen-bond acceptors (Lipinski definition) is 7. The number of aliphatic hydroxyl groups excluding tert-OH is 2. The van der Waals surface area contributed by atoms with E-state index in [9.17, 15) is 28.9 Å². The van der Waals surface area contributed by atoms with Gasteiger partial charge in [-0.1, -0.05) is 37.3 Å². The Morgan fingerprint density at radius 2 is 1.74 bits per heavy atom. The second-order valence-electron chi connectivity index (χ2n) is 5.16. The summed E-state index contributed by atoms with van der Waals surface area (Å²) in [4.78, 5) is 12.1. The topological polar surface area (TPSA) is 124 Å². The van der Waals surface area contributed by atoms with Crippen LogP contribution in [0.5, 0.6) is 0 Å². The number of aliphatic hydroxyl groups is 2. The molecule has 23 heavy (non-hydrogen) atoms. The zero-order valence-electron chi connectivity index (χ0n) is 14.4. The van der Waals surface area contributed by atoms with Crippen molar-refractivity contribution in [3.63, 3.8) is 0 Å². The Morgan fingerprint density at radius 3 is 2.22 bits per heavy atom. The SMILES string of the molecule is CCCCCC(O)CN(CCC(=O)[O-])CC(O)CS(=O)[O-].[Na+].[Na+]. The Kier molecular flexibility index (Phi) is 23.2. The maximum absolute atomic E-state index is 10.5. The van der Waals surface area contributed by atoms with E-state index < -0.39 is 35.0 Å². The number of carbonyl (C=O) groups is 1. The monoisotopic (exact) mass is 369 g/mol. The Bertz CT molecular complexity index is 325. The van der Waals surface area contributed by atoms with E-state index in [1.165, 1.54) is 0 Å². The zero-order valence-corrected chi connectivity index (χ0v) is 19.2. The molecule has 3 atom stereocenters. The van der Waals surface area contributed by atoms with E-state index in [0.717, 1.165) is 19.3 Å². The van der Waals surface area contributed by atoms with E-state index in [4.69, 9.17) is 0 Å². The summed E-state index contributed by atoms with van der Waals surface area (Å²) in [6.45, 7) is 2.37. The predicted molar refractivity (Wildman–Crippen MR) is 76.0 cm³/mol. The van der Waals surface area contributed by atoms with Gasteiger partial charge in [-0.05, 0) is 12.8 Å². The third kappa shape index (κ3) is 19.6. The minimum absolute atomic E-state index is 0. The van der Waals surface area contributed by atoms with Crippen LogP contribution in [0.3, 0.4) is 0 Å². The molecule has 0 rings (SSSR count). The van der Waals surface area contributed by atoms with Gasteiger partial charge >= 0.3 is 59.1 Å². The van der Waals surface area contributed by atoms with Gasteiger partial charge in [0.05, 0.1) is 12.2 Å². The minimum atomic E-state index is -2.36. The second-order valence-corrected chi connectivity index (χ2v) is 6.10. The molecule has 0 bridgehead atoms. The second kappa shape index (κ2) is 18.3. The average molecular weight is 369 g/mol. The van der Waals surface area contributed by atoms with Gasteiger partial charge in [0, 0.05) is 31.4 Å². The molecule has 0 aliphatic rings. The first-order valence-electron chi connectivity index (χ1n) is 7.19. The van der Waals surface area contributed by atoms with E-state index in [0.29, 0.717) is 6.42 Å². The molecule has 2 N–H and O–H groups in total. The number of hydrogen-bond donors (Lipinski definition) is 2. The van der Waals surface area contributed by atoms with Crippen LogP contribution >= 0.6 is 0 Å². The first kappa shape index (κ1) is 29.2. The number of aliphatic carboxylic acids is 1. The van der Waals surface area contributed by atoms with Gasteiger partial charge in [0.1, 0.15) is 0 Å². The van der Waals surface area contributed by atoms with Gasteiger partial charge in [-0.15, -0.1) is 0 Å². The van der Waals surface area contributed by atoms with E-state index in [1.54, 1.807) is 4.90 Å². The standard InChI is InChI=1S/C13H27NO6S.2Na/c1-2-3-4-5-11(15)8-14(7-6-13(17)18)9-12(16)10-21(19)20;;/h11-12,15-16H,2-10H2,1H3,(H,17,18)(H,19,20);;/q;2*+1/p-2. The molecule has 0 aromatic heterocycles. The summed E-state index contributed by atoms with van der Waals surface area (Å²) >= 11 is -2.36. The number of carboxylic acid groups (broad SMARTS) is 1. The summed E-state index contributed by atoms with van der Waals surface area (Å²) in [6.07, 6.45) is 1.56. The fourth-order valence-electron chi connectivity index (χ4n) is 2.03. The van der Waals surface area contributed by atoms with Crippen LogP contribution < -0.4 is 64.2 Å². The summed E-state index contributed by atoms with van der Waals surface area (Å²) in [7, 11) is 0. The van der Waals surface area contributed by atoms with Gasteiger partial charge < -0.3 is 24.7 Å². The number of carboxylic acids is 1. The summed E-state index contributed by atoms with van der Waals surface area (Å²) in [6, 6.07) is 0. The number of carbonyl (C=O) groups excluding carboxylic acids is 1. The molecular weight excluding hydrogens is 344 g/mol. The van der Waals surface area contributed by atoms with E-state index in [2.05, 4.69) is 6.92 Å². The van der Waals surface area contributed by atoms with E-state index >= 15 is 0 Å². The van der Waals surface area contributed by atoms with Crippen LogP contribution in [-0.4, -0.2) is 67.4 Å². The quantitative estimate of drug-likeness (QED) is 0.188. The van der Waals surface area contributed by atoms with Crippen molar-refractivity contribution in [3.8, 4) is 0 Å². The van der Waals surface area contributed by atoms with Gasteiger partial charge in [0.15, 0.2) is 0 Å². The van der Waals surface area contributed by atoms with Gasteiger partial charge in [-0.3, -0.25) is 9.11 Å². The summed E-state index contributed by atoms with van der Waals surface area (Å²) in [5.41, 5.74) is 0. The van der Waals surface area contributed by atoms with Crippen molar-refractivity contribution >= 4 is 17.0 Å². The van der Waals surface area contributed by atoms with Crippen LogP contribution in [-0.2, 0) is 15.9 Å². The maximum Gasteiger partial charge on any atom is 1.00 e. The molecule has 126 valence electrons. The third-order valence-corrected chi connectivity index (χ3v) is 3.70. The van der Waals surface area contributed by atoms with Gasteiger partial charge in [-0.2, -0.15) is 0 Å². The van der Waals surface area contributed by atoms with E-state index in [-0.39, 0.29) is 85.2 Å². The Balaban J connectivity index is -0.00000200. The van der Waals surface area contributed by atoms with Crippen molar-refractivity contribution in [2.75, 3.05) is 25.4 Å². The van der Waals surface area contributed by atoms with Gasteiger partial charge in [0.25, 0.3) is 0 Å². The van der Waals surface area contributed by atoms with Crippen LogP contribution in [0.4, 0.5) is 0 Å². The molecule has 0 spiro atoms. The number of nitrogens with zero attached hydrogens (tertiary/aromatic N) is 1. The van der Waals surface area contributed by atoms with Crippen LogP contribution in [0.25, 0.3) is 0 Å². The molecule has 10 heteroatoms. The molecular formula is C13H25NNa2O6S. The largest absolute Gasteiger partial charge is 1.00 e. The molecule has 0 aromatic carbocycles. The molecule has 0 aliphatic heterocycles. The van der Waals surface area contributed by atoms with Crippen LogP contribution in [0, 0.1) is 0 Å². The Labute approximate surface area is 185 Å². The predicted octanol–water partition coefficient (Wildman–Crippen LogP) is -7.38. The van der Waals surface area contributed by atoms with Crippen molar-refractivity contribution in [3.05, 3.63) is 0 Å². The normalized spacial score (nSPS) is 14.5. The Morgan fingerprint density at radius 1 is 1.17 bits per heavy atom. The molecule has 0 amide bonds. The van der Waals surface area contributed by atoms with Crippen molar-refractivity contribution in [2.45, 2.75) is 51.2 Å². The Hall–Kier alpha value is 1.46. The molecule has 0 radical (unpaired) electrons. The zero-order chi connectivity index (χ0) is 16.3. The van der Waals surface area contributed by atoms with Crippen LogP contribution in [0.2, 0.25) is 0 Å². The summed E-state index contributed by atoms with van der Waals surface area (Å²) < 4.78 is 21.0. The molecule has 0 fully saturated rings. The molecule has 0 aromatic rings. The van der Waals surface area contributed by atoms with Crippen molar-refractivity contribution in [2.24, 2.45) is 0 Å². The molecule has 0 heterocycles. The molecule has 0 aliphatic carbocycles. The number of rotatable bonds is 13. The maximum atomic E-state index is 10.5. The third-order valence-electron chi connectivity index (χ3n) is 3.04. The van der Waals surface area contributed by atoms with Gasteiger partial charge in [0.2, 0.25) is 0 Å². The van der Waals surface area contributed by atoms with Crippen LogP contribution in [0.15, 0.2) is 0 Å². The molecule has 0 saturated carbocycles.